The molecule has 0 bridgehead atoms. The number of para-hydroxylation sites is 1. The van der Waals surface area contributed by atoms with Crippen LogP contribution in [0, 0.1) is 25.5 Å². The predicted molar refractivity (Wildman–Crippen MR) is 226 cm³/mol. The van der Waals surface area contributed by atoms with E-state index in [0.29, 0.717) is 60.4 Å². The predicted octanol–water partition coefficient (Wildman–Crippen LogP) is 7.88. The number of nitrogens with zero attached hydrogens (tertiary/aromatic N) is 5. The number of anilines is 2. The van der Waals surface area contributed by atoms with Gasteiger partial charge in [0.15, 0.2) is 17.4 Å². The second-order valence-corrected chi connectivity index (χ2v) is 15.4. The summed E-state index contributed by atoms with van der Waals surface area (Å²) in [5, 5.41) is 14.1. The van der Waals surface area contributed by atoms with E-state index in [-0.39, 0.29) is 55.8 Å². The molecule has 326 valence electrons. The van der Waals surface area contributed by atoms with Crippen molar-refractivity contribution in [2.24, 2.45) is 0 Å². The van der Waals surface area contributed by atoms with Gasteiger partial charge in [-0.1, -0.05) is 24.6 Å². The first kappa shape index (κ1) is 45.7. The molecule has 0 aliphatic rings. The molecule has 3 aromatic heterocycles. The van der Waals surface area contributed by atoms with E-state index in [9.17, 15) is 14.4 Å². The Kier molecular flexibility index (Phi) is 15.9. The molecule has 0 unspecified atom stereocenters. The smallest absolute Gasteiger partial charge is 0.407 e. The molecule has 5 rings (SSSR count). The van der Waals surface area contributed by atoms with Gasteiger partial charge in [0.05, 0.1) is 38.1 Å². The summed E-state index contributed by atoms with van der Waals surface area (Å²) in [5.74, 6) is -1.37. The maximum atomic E-state index is 15.1. The fraction of sp³-hybridized carbons (Fsp3) is 0.432. The number of unbranched alkanes of at least 4 members (excludes halogenated alkanes) is 2. The molecular weight excluding hydrogens is 791 g/mol. The van der Waals surface area contributed by atoms with Crippen molar-refractivity contribution in [1.29, 1.82) is 0 Å². The van der Waals surface area contributed by atoms with Crippen molar-refractivity contribution in [3.63, 3.8) is 0 Å². The Balaban J connectivity index is 1.20. The maximum Gasteiger partial charge on any atom is 0.407 e. The van der Waals surface area contributed by atoms with Crippen LogP contribution in [-0.2, 0) is 25.6 Å². The number of hydrogen-bond donors (Lipinski definition) is 3. The number of fused-ring (bicyclic) bond motifs is 1. The van der Waals surface area contributed by atoms with Crippen molar-refractivity contribution in [2.45, 2.75) is 98.8 Å². The van der Waals surface area contributed by atoms with Crippen LogP contribution in [0.5, 0.6) is 11.5 Å². The first-order valence-corrected chi connectivity index (χ1v) is 20.3. The van der Waals surface area contributed by atoms with Gasteiger partial charge in [0.1, 0.15) is 34.7 Å². The van der Waals surface area contributed by atoms with Gasteiger partial charge in [0, 0.05) is 60.0 Å². The minimum Gasteiger partial charge on any atom is -0.494 e. The number of nitrogens with one attached hydrogen (secondary N) is 3. The first-order valence-electron chi connectivity index (χ1n) is 20.3. The van der Waals surface area contributed by atoms with Gasteiger partial charge in [-0.05, 0) is 79.0 Å². The van der Waals surface area contributed by atoms with Gasteiger partial charge in [0.25, 0.3) is 0 Å². The standard InChI is InChI=1S/C44H54F2N8O7/c1-8-58-30-22-33(45)32(34(46)23-30)26-54-36-16-12-11-15-31(36)39(53-54)41-49-25-37(40(52-41)51-35-21-28(3)48-24-27(35)2)59-19-14-20-60-42(56)29(4)50-38(55)17-10-9-13-18-47-43(57)61-44(5,6)7/h11-12,15-16,21-25,29H,8-10,13-14,17-20,26H2,1-7H3,(H,47,57)(H,50,55)(H,48,49,51,52)/t29-/m0/s1. The van der Waals surface area contributed by atoms with Crippen LogP contribution in [0.25, 0.3) is 22.4 Å². The summed E-state index contributed by atoms with van der Waals surface area (Å²) in [6.07, 6.45) is 5.32. The number of benzene rings is 2. The number of aromatic nitrogens is 5. The van der Waals surface area contributed by atoms with Crippen molar-refractivity contribution in [2.75, 3.05) is 31.7 Å². The zero-order valence-corrected chi connectivity index (χ0v) is 35.7. The summed E-state index contributed by atoms with van der Waals surface area (Å²) >= 11 is 0. The van der Waals surface area contributed by atoms with Gasteiger partial charge in [-0.25, -0.2) is 28.3 Å². The minimum atomic E-state index is -0.843. The number of carbonyl (C=O) groups is 3. The summed E-state index contributed by atoms with van der Waals surface area (Å²) in [4.78, 5) is 50.6. The molecule has 17 heteroatoms. The van der Waals surface area contributed by atoms with E-state index in [0.717, 1.165) is 29.1 Å². The lowest BCUT2D eigenvalue weighted by Gasteiger charge is -2.19. The summed E-state index contributed by atoms with van der Waals surface area (Å²) in [5.41, 5.74) is 2.64. The molecule has 0 aliphatic carbocycles. The molecular formula is C44H54F2N8O7. The van der Waals surface area contributed by atoms with Gasteiger partial charge in [0.2, 0.25) is 5.91 Å². The maximum absolute atomic E-state index is 15.1. The quantitative estimate of drug-likeness (QED) is 0.0510. The van der Waals surface area contributed by atoms with Crippen molar-refractivity contribution in [3.05, 3.63) is 83.3 Å². The third-order valence-electron chi connectivity index (χ3n) is 9.12. The van der Waals surface area contributed by atoms with E-state index in [2.05, 4.69) is 25.9 Å². The van der Waals surface area contributed by atoms with Crippen LogP contribution in [0.1, 0.15) is 83.5 Å². The Labute approximate surface area is 353 Å². The molecule has 2 aromatic carbocycles. The van der Waals surface area contributed by atoms with Crippen molar-refractivity contribution in [1.82, 2.24) is 35.4 Å². The molecule has 1 atom stereocenters. The molecule has 0 fully saturated rings. The minimum absolute atomic E-state index is 0.0347. The van der Waals surface area contributed by atoms with Crippen LogP contribution in [0.15, 0.2) is 54.9 Å². The number of alkyl carbamates (subject to hydrolysis) is 1. The highest BCUT2D eigenvalue weighted by atomic mass is 19.1. The van der Waals surface area contributed by atoms with Crippen LogP contribution >= 0.6 is 0 Å². The Morgan fingerprint density at radius 1 is 0.918 bits per heavy atom. The number of hydrogen-bond acceptors (Lipinski definition) is 12. The van der Waals surface area contributed by atoms with Gasteiger partial charge in [-0.3, -0.25) is 14.5 Å². The summed E-state index contributed by atoms with van der Waals surface area (Å²) < 4.78 is 53.8. The lowest BCUT2D eigenvalue weighted by Crippen LogP contribution is -2.39. The number of carbonyl (C=O) groups excluding carboxylic acids is 3. The normalized spacial score (nSPS) is 11.8. The third-order valence-corrected chi connectivity index (χ3v) is 9.12. The van der Waals surface area contributed by atoms with Crippen LogP contribution < -0.4 is 25.4 Å². The summed E-state index contributed by atoms with van der Waals surface area (Å²) in [6.45, 7) is 13.1. The topological polar surface area (TPSA) is 181 Å². The lowest BCUT2D eigenvalue weighted by molar-refractivity contribution is -0.147. The average molecular weight is 845 g/mol. The number of amides is 2. The van der Waals surface area contributed by atoms with E-state index in [4.69, 9.17) is 29.0 Å². The van der Waals surface area contributed by atoms with Gasteiger partial charge in [-0.2, -0.15) is 5.10 Å². The number of pyridine rings is 1. The Hall–Kier alpha value is -6.39. The van der Waals surface area contributed by atoms with E-state index < -0.39 is 35.3 Å². The zero-order valence-electron chi connectivity index (χ0n) is 35.7. The van der Waals surface area contributed by atoms with E-state index in [1.165, 1.54) is 10.9 Å². The van der Waals surface area contributed by atoms with Crippen LogP contribution in [0.3, 0.4) is 0 Å². The highest BCUT2D eigenvalue weighted by molar-refractivity contribution is 5.92. The molecule has 0 radical (unpaired) electrons. The van der Waals surface area contributed by atoms with E-state index >= 15 is 8.78 Å². The molecule has 5 aromatic rings. The van der Waals surface area contributed by atoms with Gasteiger partial charge in [-0.15, -0.1) is 0 Å². The highest BCUT2D eigenvalue weighted by Gasteiger charge is 2.22. The second kappa shape index (κ2) is 21.2. The number of rotatable bonds is 20. The van der Waals surface area contributed by atoms with Gasteiger partial charge < -0.3 is 34.9 Å². The molecule has 2 amide bonds. The molecule has 3 heterocycles. The summed E-state index contributed by atoms with van der Waals surface area (Å²) in [7, 11) is 0. The Morgan fingerprint density at radius 2 is 1.67 bits per heavy atom. The zero-order chi connectivity index (χ0) is 44.1. The Bertz CT molecular complexity index is 2290. The van der Waals surface area contributed by atoms with E-state index in [1.807, 2.05) is 38.1 Å². The van der Waals surface area contributed by atoms with Crippen LogP contribution in [0.2, 0.25) is 0 Å². The van der Waals surface area contributed by atoms with Crippen molar-refractivity contribution < 1.29 is 42.1 Å². The lowest BCUT2D eigenvalue weighted by atomic mass is 10.1. The Morgan fingerprint density at radius 3 is 2.41 bits per heavy atom. The monoisotopic (exact) mass is 844 g/mol. The summed E-state index contributed by atoms with van der Waals surface area (Å²) in [6, 6.07) is 10.6. The molecule has 61 heavy (non-hydrogen) atoms. The first-order chi connectivity index (χ1) is 29.1. The molecule has 0 spiro atoms. The van der Waals surface area contributed by atoms with Crippen molar-refractivity contribution in [3.8, 4) is 23.0 Å². The fourth-order valence-corrected chi connectivity index (χ4v) is 6.12. The molecule has 15 nitrogen and oxygen atoms in total. The third kappa shape index (κ3) is 13.3. The van der Waals surface area contributed by atoms with Crippen molar-refractivity contribution >= 4 is 40.4 Å². The second-order valence-electron chi connectivity index (χ2n) is 15.4. The number of esters is 1. The van der Waals surface area contributed by atoms with Gasteiger partial charge >= 0.3 is 12.1 Å². The largest absolute Gasteiger partial charge is 0.494 e. The molecule has 0 saturated carbocycles. The molecule has 0 aliphatic heterocycles. The van der Waals surface area contributed by atoms with Crippen LogP contribution in [-0.4, -0.2) is 80.7 Å². The molecule has 0 saturated heterocycles. The number of halogens is 2. The van der Waals surface area contributed by atoms with Crippen LogP contribution in [0.4, 0.5) is 25.1 Å². The average Bonchev–Trinajstić information content (AvgIpc) is 3.56. The SMILES string of the molecule is CCOc1cc(F)c(Cn2nc(-c3ncc(OCCCOC(=O)[C@H](C)NC(=O)CCCCCNC(=O)OC(C)(C)C)c(Nc4cc(C)ncc4C)n3)c3ccccc32)c(F)c1. The van der Waals surface area contributed by atoms with E-state index in [1.54, 1.807) is 46.9 Å². The fourth-order valence-electron chi connectivity index (χ4n) is 6.12. The number of ether oxygens (including phenoxy) is 4. The molecule has 3 N–H and O–H groups in total. The highest BCUT2D eigenvalue weighted by Crippen LogP contribution is 2.33. The number of aryl methyl sites for hydroxylation is 2.